The normalized spacial score (nSPS) is 21.8. The molecule has 2 aliphatic heterocycles. The maximum Gasteiger partial charge on any atom is 0.333 e. The van der Waals surface area contributed by atoms with Crippen molar-refractivity contribution in [2.24, 2.45) is 0 Å². The van der Waals surface area contributed by atoms with Crippen molar-refractivity contribution in [2.45, 2.75) is 25.1 Å². The van der Waals surface area contributed by atoms with Crippen LogP contribution in [0.3, 0.4) is 0 Å². The molecule has 0 unspecified atom stereocenters. The van der Waals surface area contributed by atoms with Gasteiger partial charge in [-0.1, -0.05) is 66.7 Å². The van der Waals surface area contributed by atoms with Crippen molar-refractivity contribution in [1.29, 1.82) is 0 Å². The van der Waals surface area contributed by atoms with Gasteiger partial charge in [-0.05, 0) is 16.7 Å². The minimum Gasteiger partial charge on any atom is -0.459 e. The Morgan fingerprint density at radius 1 is 1.04 bits per heavy atom. The zero-order valence-electron chi connectivity index (χ0n) is 13.1. The van der Waals surface area contributed by atoms with E-state index in [2.05, 4.69) is 0 Å². The van der Waals surface area contributed by atoms with E-state index in [4.69, 9.17) is 4.74 Å². The number of amides is 1. The average Bonchev–Trinajstić information content (AvgIpc) is 2.94. The maximum absolute atomic E-state index is 12.7. The van der Waals surface area contributed by atoms with Crippen LogP contribution in [0.4, 0.5) is 0 Å². The lowest BCUT2D eigenvalue weighted by atomic mass is 10.00. The Kier molecular flexibility index (Phi) is 3.65. The smallest absolute Gasteiger partial charge is 0.333 e. The molecule has 4 rings (SSSR count). The van der Waals surface area contributed by atoms with Gasteiger partial charge in [-0.2, -0.15) is 0 Å². The topological polar surface area (TPSA) is 46.6 Å². The molecule has 1 fully saturated rings. The molecule has 0 aromatic heterocycles. The number of β-lactam (4-membered cyclic amide) rings is 1. The number of carbonyl (C=O) groups is 2. The Labute approximate surface area is 140 Å². The Balaban J connectivity index is 1.55. The fourth-order valence-electron chi connectivity index (χ4n) is 3.31. The monoisotopic (exact) mass is 319 g/mol. The lowest BCUT2D eigenvalue weighted by Gasteiger charge is -2.38. The zero-order chi connectivity index (χ0) is 16.5. The summed E-state index contributed by atoms with van der Waals surface area (Å²) < 4.78 is 5.49. The van der Waals surface area contributed by atoms with Crippen molar-refractivity contribution >= 4 is 17.4 Å². The Morgan fingerprint density at radius 2 is 1.71 bits per heavy atom. The van der Waals surface area contributed by atoms with Crippen molar-refractivity contribution in [3.05, 3.63) is 77.9 Å². The fraction of sp³-hybridized carbons (Fsp3) is 0.200. The average molecular weight is 319 g/mol. The van der Waals surface area contributed by atoms with Gasteiger partial charge in [0.1, 0.15) is 6.61 Å². The predicted molar refractivity (Wildman–Crippen MR) is 89.7 cm³/mol. The first-order valence-electron chi connectivity index (χ1n) is 8.03. The predicted octanol–water partition coefficient (Wildman–Crippen LogP) is 2.80. The lowest BCUT2D eigenvalue weighted by molar-refractivity contribution is -0.159. The molecule has 0 aliphatic carbocycles. The maximum atomic E-state index is 12.7. The quantitative estimate of drug-likeness (QED) is 0.643. The van der Waals surface area contributed by atoms with E-state index in [0.717, 1.165) is 16.7 Å². The van der Waals surface area contributed by atoms with Crippen molar-refractivity contribution in [2.75, 3.05) is 0 Å². The minimum absolute atomic E-state index is 0.00356. The van der Waals surface area contributed by atoms with Crippen molar-refractivity contribution < 1.29 is 14.3 Å². The summed E-state index contributed by atoms with van der Waals surface area (Å²) in [5, 5.41) is 0. The van der Waals surface area contributed by atoms with E-state index in [1.807, 2.05) is 66.7 Å². The molecule has 2 aromatic carbocycles. The van der Waals surface area contributed by atoms with E-state index in [9.17, 15) is 9.59 Å². The van der Waals surface area contributed by atoms with E-state index >= 15 is 0 Å². The minimum atomic E-state index is -0.637. The van der Waals surface area contributed by atoms with E-state index < -0.39 is 6.04 Å². The summed E-state index contributed by atoms with van der Waals surface area (Å²) in [4.78, 5) is 26.3. The largest absolute Gasteiger partial charge is 0.459 e. The first-order valence-corrected chi connectivity index (χ1v) is 8.03. The second-order valence-electron chi connectivity index (χ2n) is 6.06. The highest BCUT2D eigenvalue weighted by Crippen LogP contribution is 2.39. The second-order valence-corrected chi connectivity index (χ2v) is 6.06. The third-order valence-electron chi connectivity index (χ3n) is 4.53. The number of nitrogens with zero attached hydrogens (tertiary/aromatic N) is 1. The third kappa shape index (κ3) is 2.50. The van der Waals surface area contributed by atoms with Gasteiger partial charge in [0.05, 0.1) is 12.5 Å². The molecular weight excluding hydrogens is 302 g/mol. The number of fused-ring (bicyclic) bond motifs is 1. The van der Waals surface area contributed by atoms with Crippen LogP contribution in [-0.4, -0.2) is 28.9 Å². The summed E-state index contributed by atoms with van der Waals surface area (Å²) >= 11 is 0. The van der Waals surface area contributed by atoms with E-state index in [1.165, 1.54) is 0 Å². The number of carbonyl (C=O) groups excluding carboxylic acids is 2. The van der Waals surface area contributed by atoms with Gasteiger partial charge in [0, 0.05) is 0 Å². The molecule has 120 valence electrons. The highest BCUT2D eigenvalue weighted by atomic mass is 16.5. The molecule has 0 spiro atoms. The number of hydrogen-bond donors (Lipinski definition) is 0. The SMILES string of the molecule is O=C(OCc1ccccc1)[C@H]1C(c2ccccc2)=C[C@@H]2CC(=O)N12. The van der Waals surface area contributed by atoms with Crippen LogP contribution in [0, 0.1) is 0 Å². The van der Waals surface area contributed by atoms with Crippen LogP contribution in [0.25, 0.3) is 5.57 Å². The van der Waals surface area contributed by atoms with Crippen molar-refractivity contribution in [3.8, 4) is 0 Å². The van der Waals surface area contributed by atoms with Crippen LogP contribution >= 0.6 is 0 Å². The van der Waals surface area contributed by atoms with E-state index in [0.29, 0.717) is 6.42 Å². The van der Waals surface area contributed by atoms with Crippen LogP contribution in [0.15, 0.2) is 66.7 Å². The van der Waals surface area contributed by atoms with Crippen LogP contribution in [-0.2, 0) is 20.9 Å². The number of hydrogen-bond acceptors (Lipinski definition) is 3. The molecule has 24 heavy (non-hydrogen) atoms. The molecular formula is C20H17NO3. The van der Waals surface area contributed by atoms with Crippen LogP contribution < -0.4 is 0 Å². The van der Waals surface area contributed by atoms with Gasteiger partial charge in [0.2, 0.25) is 5.91 Å². The Bertz CT molecular complexity index is 798. The van der Waals surface area contributed by atoms with Crippen LogP contribution in [0.2, 0.25) is 0 Å². The van der Waals surface area contributed by atoms with Gasteiger partial charge in [0.15, 0.2) is 6.04 Å². The Morgan fingerprint density at radius 3 is 2.38 bits per heavy atom. The summed E-state index contributed by atoms with van der Waals surface area (Å²) in [6.07, 6.45) is 2.49. The molecule has 0 N–H and O–H groups in total. The molecule has 2 aliphatic rings. The highest BCUT2D eigenvalue weighted by molar-refractivity contribution is 6.02. The molecule has 2 atom stereocenters. The summed E-state index contributed by atoms with van der Waals surface area (Å²) in [6.45, 7) is 0.213. The molecule has 0 bridgehead atoms. The van der Waals surface area contributed by atoms with E-state index in [1.54, 1.807) is 4.90 Å². The van der Waals surface area contributed by atoms with Crippen molar-refractivity contribution in [3.63, 3.8) is 0 Å². The molecule has 0 radical (unpaired) electrons. The van der Waals surface area contributed by atoms with Crippen LogP contribution in [0.1, 0.15) is 17.5 Å². The van der Waals surface area contributed by atoms with Gasteiger partial charge in [-0.3, -0.25) is 4.79 Å². The summed E-state index contributed by atoms with van der Waals surface area (Å²) in [5.41, 5.74) is 2.76. The highest BCUT2D eigenvalue weighted by Gasteiger charge is 2.50. The van der Waals surface area contributed by atoms with Gasteiger partial charge in [0.25, 0.3) is 0 Å². The van der Waals surface area contributed by atoms with Crippen molar-refractivity contribution in [1.82, 2.24) is 4.90 Å². The number of rotatable bonds is 4. The van der Waals surface area contributed by atoms with Gasteiger partial charge >= 0.3 is 5.97 Å². The second kappa shape index (κ2) is 5.96. The fourth-order valence-corrected chi connectivity index (χ4v) is 3.31. The molecule has 4 nitrogen and oxygen atoms in total. The first-order chi connectivity index (χ1) is 11.7. The van der Waals surface area contributed by atoms with E-state index in [-0.39, 0.29) is 24.5 Å². The van der Waals surface area contributed by atoms with Crippen LogP contribution in [0.5, 0.6) is 0 Å². The summed E-state index contributed by atoms with van der Waals surface area (Å²) in [7, 11) is 0. The molecule has 4 heteroatoms. The van der Waals surface area contributed by atoms with Gasteiger partial charge < -0.3 is 9.64 Å². The molecule has 2 aromatic rings. The van der Waals surface area contributed by atoms with Gasteiger partial charge in [-0.25, -0.2) is 4.79 Å². The lowest BCUT2D eigenvalue weighted by Crippen LogP contribution is -2.55. The summed E-state index contributed by atoms with van der Waals surface area (Å²) in [6, 6.07) is 18.6. The summed E-state index contributed by atoms with van der Waals surface area (Å²) in [5.74, 6) is -0.367. The van der Waals surface area contributed by atoms with Gasteiger partial charge in [-0.15, -0.1) is 0 Å². The molecule has 1 saturated heterocycles. The number of benzene rings is 2. The zero-order valence-corrected chi connectivity index (χ0v) is 13.1. The standard InChI is InChI=1S/C20H17NO3/c22-18-12-16-11-17(15-9-5-2-6-10-15)19(21(16)18)20(23)24-13-14-7-3-1-4-8-14/h1-11,16,19H,12-13H2/t16-,19-/m1/s1. The first kappa shape index (κ1) is 14.7. The molecule has 1 amide bonds. The number of ether oxygens (including phenoxy) is 1. The third-order valence-corrected chi connectivity index (χ3v) is 4.53. The number of esters is 1. The molecule has 2 heterocycles. The molecule has 0 saturated carbocycles. The Hall–Kier alpha value is -2.88.